The number of benzene rings is 2. The molecule has 1 aliphatic rings. The molecule has 1 unspecified atom stereocenters. The summed E-state index contributed by atoms with van der Waals surface area (Å²) in [7, 11) is 0. The highest BCUT2D eigenvalue weighted by Gasteiger charge is 2.35. The van der Waals surface area contributed by atoms with Crippen LogP contribution in [0.15, 0.2) is 48.5 Å². The molecule has 1 atom stereocenters. The topological polar surface area (TPSA) is 58.6 Å². The van der Waals surface area contributed by atoms with Gasteiger partial charge in [-0.2, -0.15) is 13.2 Å². The van der Waals surface area contributed by atoms with Crippen LogP contribution >= 0.6 is 0 Å². The minimum atomic E-state index is -4.53. The maximum atomic E-state index is 13.1. The van der Waals surface area contributed by atoms with E-state index in [1.54, 1.807) is 0 Å². The number of halogens is 4. The molecular weight excluding hydrogens is 368 g/mol. The van der Waals surface area contributed by atoms with E-state index in [0.717, 1.165) is 23.1 Å². The van der Waals surface area contributed by atoms with Crippen molar-refractivity contribution in [2.75, 3.05) is 18.0 Å². The Morgan fingerprint density at radius 3 is 2.63 bits per heavy atom. The van der Waals surface area contributed by atoms with Crippen molar-refractivity contribution in [3.63, 3.8) is 0 Å². The van der Waals surface area contributed by atoms with Crippen molar-refractivity contribution in [1.82, 2.24) is 5.32 Å². The predicted molar refractivity (Wildman–Crippen MR) is 87.8 cm³/mol. The number of amides is 2. The highest BCUT2D eigenvalue weighted by molar-refractivity contribution is 5.94. The van der Waals surface area contributed by atoms with Gasteiger partial charge in [-0.1, -0.05) is 12.1 Å². The number of hydrogen-bond donors (Lipinski definition) is 1. The molecule has 1 saturated heterocycles. The van der Waals surface area contributed by atoms with Gasteiger partial charge in [0.15, 0.2) is 0 Å². The zero-order chi connectivity index (χ0) is 19.6. The van der Waals surface area contributed by atoms with Crippen molar-refractivity contribution in [2.24, 2.45) is 0 Å². The van der Waals surface area contributed by atoms with Crippen LogP contribution in [0.2, 0.25) is 0 Å². The van der Waals surface area contributed by atoms with Gasteiger partial charge in [0.05, 0.1) is 18.7 Å². The number of rotatable bonds is 4. The maximum Gasteiger partial charge on any atom is 0.416 e. The lowest BCUT2D eigenvalue weighted by atomic mass is 10.2. The first kappa shape index (κ1) is 18.7. The van der Waals surface area contributed by atoms with Gasteiger partial charge in [0.25, 0.3) is 5.91 Å². The molecule has 3 rings (SSSR count). The Morgan fingerprint density at radius 1 is 1.19 bits per heavy atom. The normalized spacial score (nSPS) is 17.0. The van der Waals surface area contributed by atoms with Crippen LogP contribution in [0.5, 0.6) is 0 Å². The number of nitrogens with one attached hydrogen (secondary N) is 1. The minimum absolute atomic E-state index is 0.0242. The molecule has 0 bridgehead atoms. The third-order valence-corrected chi connectivity index (χ3v) is 3.94. The van der Waals surface area contributed by atoms with Gasteiger partial charge in [0.2, 0.25) is 0 Å². The van der Waals surface area contributed by atoms with Crippen LogP contribution in [-0.4, -0.2) is 31.2 Å². The quantitative estimate of drug-likeness (QED) is 0.822. The summed E-state index contributed by atoms with van der Waals surface area (Å²) in [6.45, 7) is -0.0832. The lowest BCUT2D eigenvalue weighted by molar-refractivity contribution is -0.137. The summed E-state index contributed by atoms with van der Waals surface area (Å²) in [6.07, 6.45) is -6.08. The van der Waals surface area contributed by atoms with E-state index < -0.39 is 35.7 Å². The molecular formula is C18H14F4N2O3. The summed E-state index contributed by atoms with van der Waals surface area (Å²) in [5.41, 5.74) is -0.724. The number of carbonyl (C=O) groups is 2. The summed E-state index contributed by atoms with van der Waals surface area (Å²) in [6, 6.07) is 9.39. The summed E-state index contributed by atoms with van der Waals surface area (Å²) in [5, 5.41) is 2.51. The number of ether oxygens (including phenoxy) is 1. The average molecular weight is 382 g/mol. The largest absolute Gasteiger partial charge is 0.442 e. The van der Waals surface area contributed by atoms with E-state index in [1.165, 1.54) is 30.3 Å². The predicted octanol–water partition coefficient (Wildman–Crippen LogP) is 3.60. The van der Waals surface area contributed by atoms with Crippen molar-refractivity contribution in [3.8, 4) is 0 Å². The lowest BCUT2D eigenvalue weighted by Crippen LogP contribution is -2.34. The fourth-order valence-corrected chi connectivity index (χ4v) is 2.63. The van der Waals surface area contributed by atoms with E-state index in [0.29, 0.717) is 0 Å². The van der Waals surface area contributed by atoms with Gasteiger partial charge in [-0.05, 0) is 36.4 Å². The van der Waals surface area contributed by atoms with E-state index in [1.807, 2.05) is 0 Å². The highest BCUT2D eigenvalue weighted by Crippen LogP contribution is 2.32. The third kappa shape index (κ3) is 4.36. The molecule has 27 heavy (non-hydrogen) atoms. The SMILES string of the molecule is O=C(NCC1CN(c2cccc(C(F)(F)F)c2)C(=O)O1)c1cccc(F)c1. The number of nitrogens with zero attached hydrogens (tertiary/aromatic N) is 1. The Bertz CT molecular complexity index is 870. The second-order valence-corrected chi connectivity index (χ2v) is 5.88. The molecule has 142 valence electrons. The van der Waals surface area contributed by atoms with E-state index in [9.17, 15) is 27.2 Å². The van der Waals surface area contributed by atoms with Crippen LogP contribution in [-0.2, 0) is 10.9 Å². The Labute approximate surface area is 151 Å². The molecule has 0 aliphatic carbocycles. The Balaban J connectivity index is 1.63. The molecule has 1 N–H and O–H groups in total. The van der Waals surface area contributed by atoms with Crippen LogP contribution in [0, 0.1) is 5.82 Å². The summed E-state index contributed by atoms with van der Waals surface area (Å²) in [4.78, 5) is 25.0. The van der Waals surface area contributed by atoms with Crippen LogP contribution in [0.3, 0.4) is 0 Å². The molecule has 5 nitrogen and oxygen atoms in total. The number of anilines is 1. The molecule has 1 heterocycles. The van der Waals surface area contributed by atoms with E-state index in [-0.39, 0.29) is 24.3 Å². The molecule has 0 spiro atoms. The molecule has 9 heteroatoms. The Kier molecular flexibility index (Phi) is 5.02. The molecule has 2 aromatic rings. The van der Waals surface area contributed by atoms with Crippen molar-refractivity contribution >= 4 is 17.7 Å². The van der Waals surface area contributed by atoms with E-state index >= 15 is 0 Å². The van der Waals surface area contributed by atoms with Gasteiger partial charge in [-0.15, -0.1) is 0 Å². The lowest BCUT2D eigenvalue weighted by Gasteiger charge is -2.15. The summed E-state index contributed by atoms with van der Waals surface area (Å²) in [5.74, 6) is -1.12. The van der Waals surface area contributed by atoms with Gasteiger partial charge >= 0.3 is 12.3 Å². The standard InChI is InChI=1S/C18H14F4N2O3/c19-13-5-1-3-11(7-13)16(25)23-9-15-10-24(17(26)27-15)14-6-2-4-12(8-14)18(20,21)22/h1-8,15H,9-10H2,(H,23,25). The first-order chi connectivity index (χ1) is 12.7. The third-order valence-electron chi connectivity index (χ3n) is 3.94. The monoisotopic (exact) mass is 382 g/mol. The van der Waals surface area contributed by atoms with Crippen LogP contribution in [0.4, 0.5) is 28.0 Å². The van der Waals surface area contributed by atoms with Crippen molar-refractivity contribution in [2.45, 2.75) is 12.3 Å². The first-order valence-electron chi connectivity index (χ1n) is 7.93. The zero-order valence-electron chi connectivity index (χ0n) is 13.8. The molecule has 1 fully saturated rings. The molecule has 0 aromatic heterocycles. The van der Waals surface area contributed by atoms with Crippen molar-refractivity contribution in [3.05, 3.63) is 65.5 Å². The van der Waals surface area contributed by atoms with Gasteiger partial charge in [-0.25, -0.2) is 9.18 Å². The molecule has 0 saturated carbocycles. The minimum Gasteiger partial charge on any atom is -0.442 e. The second-order valence-electron chi connectivity index (χ2n) is 5.88. The smallest absolute Gasteiger partial charge is 0.416 e. The Hall–Kier alpha value is -3.10. The van der Waals surface area contributed by atoms with Gasteiger partial charge in [0, 0.05) is 11.3 Å². The second kappa shape index (κ2) is 7.26. The summed E-state index contributed by atoms with van der Waals surface area (Å²) >= 11 is 0. The van der Waals surface area contributed by atoms with Gasteiger partial charge in [0.1, 0.15) is 11.9 Å². The number of carbonyl (C=O) groups excluding carboxylic acids is 2. The number of hydrogen-bond acceptors (Lipinski definition) is 3. The van der Waals surface area contributed by atoms with Crippen molar-refractivity contribution < 1.29 is 31.9 Å². The van der Waals surface area contributed by atoms with Crippen molar-refractivity contribution in [1.29, 1.82) is 0 Å². The summed E-state index contributed by atoms with van der Waals surface area (Å²) < 4.78 is 56.7. The molecule has 1 aliphatic heterocycles. The first-order valence-corrected chi connectivity index (χ1v) is 7.93. The van der Waals surface area contributed by atoms with Gasteiger partial charge in [-0.3, -0.25) is 9.69 Å². The fourth-order valence-electron chi connectivity index (χ4n) is 2.63. The average Bonchev–Trinajstić information content (AvgIpc) is 3.00. The molecule has 0 radical (unpaired) electrons. The molecule has 2 aromatic carbocycles. The number of alkyl halides is 3. The van der Waals surface area contributed by atoms with E-state index in [2.05, 4.69) is 5.32 Å². The van der Waals surface area contributed by atoms with Crippen LogP contribution < -0.4 is 10.2 Å². The number of cyclic esters (lactones) is 1. The fraction of sp³-hybridized carbons (Fsp3) is 0.222. The van der Waals surface area contributed by atoms with Gasteiger partial charge < -0.3 is 10.1 Å². The van der Waals surface area contributed by atoms with E-state index in [4.69, 9.17) is 4.74 Å². The zero-order valence-corrected chi connectivity index (χ0v) is 13.8. The Morgan fingerprint density at radius 2 is 1.93 bits per heavy atom. The van der Waals surface area contributed by atoms with Crippen LogP contribution in [0.1, 0.15) is 15.9 Å². The van der Waals surface area contributed by atoms with Crippen LogP contribution in [0.25, 0.3) is 0 Å². The molecule has 2 amide bonds. The highest BCUT2D eigenvalue weighted by atomic mass is 19.4. The maximum absolute atomic E-state index is 13.1.